The van der Waals surface area contributed by atoms with Gasteiger partial charge in [-0.05, 0) is 62.3 Å². The van der Waals surface area contributed by atoms with E-state index in [1.54, 1.807) is 6.26 Å². The molecular formula is C19H24ClN3O4S. The summed E-state index contributed by atoms with van der Waals surface area (Å²) in [5, 5.41) is 3.29. The molecule has 1 amide bonds. The van der Waals surface area contributed by atoms with Crippen LogP contribution in [-0.2, 0) is 14.8 Å². The van der Waals surface area contributed by atoms with Crippen LogP contribution >= 0.6 is 11.6 Å². The number of benzene rings is 1. The van der Waals surface area contributed by atoms with Crippen molar-refractivity contribution in [2.24, 2.45) is 0 Å². The summed E-state index contributed by atoms with van der Waals surface area (Å²) >= 11 is 5.81. The average molecular weight is 426 g/mol. The Hall–Kier alpha value is -1.87. The van der Waals surface area contributed by atoms with Gasteiger partial charge < -0.3 is 9.73 Å². The molecule has 1 saturated heterocycles. The van der Waals surface area contributed by atoms with Crippen LogP contribution in [0.1, 0.15) is 24.6 Å². The normalized spacial score (nSPS) is 16.4. The van der Waals surface area contributed by atoms with Crippen LogP contribution < -0.4 is 5.32 Å². The lowest BCUT2D eigenvalue weighted by Crippen LogP contribution is -2.42. The Labute approximate surface area is 170 Å². The molecule has 0 radical (unpaired) electrons. The van der Waals surface area contributed by atoms with Gasteiger partial charge in [0.25, 0.3) is 0 Å². The van der Waals surface area contributed by atoms with E-state index in [1.165, 1.54) is 31.3 Å². The first-order valence-electron chi connectivity index (χ1n) is 9.14. The molecule has 1 aromatic heterocycles. The number of carbonyl (C=O) groups is 1. The van der Waals surface area contributed by atoms with Gasteiger partial charge in [-0.2, -0.15) is 4.31 Å². The van der Waals surface area contributed by atoms with Crippen LogP contribution in [0.4, 0.5) is 0 Å². The van der Waals surface area contributed by atoms with Crippen LogP contribution in [0.3, 0.4) is 0 Å². The molecule has 1 aliphatic rings. The first-order chi connectivity index (χ1) is 13.4. The number of nitrogens with zero attached hydrogens (tertiary/aromatic N) is 2. The van der Waals surface area contributed by atoms with Gasteiger partial charge in [-0.25, -0.2) is 8.42 Å². The second-order valence-corrected chi connectivity index (χ2v) is 9.27. The largest absolute Gasteiger partial charge is 0.468 e. The number of likely N-dealkylation sites (N-methyl/N-ethyl adjacent to an activating group) is 1. The molecule has 1 aliphatic heterocycles. The first-order valence-corrected chi connectivity index (χ1v) is 11.0. The maximum atomic E-state index is 12.6. The van der Waals surface area contributed by atoms with Crippen molar-refractivity contribution < 1.29 is 17.6 Å². The van der Waals surface area contributed by atoms with E-state index in [2.05, 4.69) is 10.2 Å². The highest BCUT2D eigenvalue weighted by molar-refractivity contribution is 7.89. The predicted molar refractivity (Wildman–Crippen MR) is 107 cm³/mol. The molecule has 9 heteroatoms. The van der Waals surface area contributed by atoms with Gasteiger partial charge in [-0.3, -0.25) is 9.69 Å². The molecule has 1 fully saturated rings. The zero-order valence-electron chi connectivity index (χ0n) is 15.7. The summed E-state index contributed by atoms with van der Waals surface area (Å²) in [4.78, 5) is 14.8. The molecule has 28 heavy (non-hydrogen) atoms. The molecule has 2 aromatic rings. The molecule has 1 N–H and O–H groups in total. The van der Waals surface area contributed by atoms with Crippen molar-refractivity contribution in [1.29, 1.82) is 0 Å². The molecule has 2 heterocycles. The lowest BCUT2D eigenvalue weighted by Gasteiger charge is -2.26. The second kappa shape index (κ2) is 9.09. The number of nitrogens with one attached hydrogen (secondary N) is 1. The Morgan fingerprint density at radius 1 is 1.25 bits per heavy atom. The predicted octanol–water partition coefficient (Wildman–Crippen LogP) is 2.51. The standard InChI is InChI=1S/C19H24ClN3O4S/c1-22(28(25,26)16-8-6-15(20)7-9-16)14-19(24)21-13-17(18-5-4-12-27-18)23-10-2-3-11-23/h4-9,12,17H,2-3,10-11,13-14H2,1H3,(H,21,24)/t17-/m0/s1. The highest BCUT2D eigenvalue weighted by Crippen LogP contribution is 2.25. The molecular weight excluding hydrogens is 402 g/mol. The van der Waals surface area contributed by atoms with E-state index in [9.17, 15) is 13.2 Å². The Morgan fingerprint density at radius 3 is 2.54 bits per heavy atom. The molecule has 0 spiro atoms. The summed E-state index contributed by atoms with van der Waals surface area (Å²) in [6.07, 6.45) is 3.85. The van der Waals surface area contributed by atoms with Gasteiger partial charge in [0.1, 0.15) is 5.76 Å². The zero-order valence-corrected chi connectivity index (χ0v) is 17.2. The fourth-order valence-corrected chi connectivity index (χ4v) is 4.54. The van der Waals surface area contributed by atoms with E-state index in [0.29, 0.717) is 11.6 Å². The van der Waals surface area contributed by atoms with Gasteiger partial charge in [0.2, 0.25) is 15.9 Å². The van der Waals surface area contributed by atoms with E-state index in [4.69, 9.17) is 16.0 Å². The van der Waals surface area contributed by atoms with Gasteiger partial charge in [-0.1, -0.05) is 11.6 Å². The van der Waals surface area contributed by atoms with Crippen LogP contribution in [0, 0.1) is 0 Å². The fourth-order valence-electron chi connectivity index (χ4n) is 3.28. The molecule has 0 bridgehead atoms. The minimum Gasteiger partial charge on any atom is -0.468 e. The van der Waals surface area contributed by atoms with Crippen molar-refractivity contribution in [2.75, 3.05) is 33.2 Å². The third-order valence-corrected chi connectivity index (χ3v) is 6.90. The Bertz CT molecular complexity index is 878. The number of hydrogen-bond donors (Lipinski definition) is 1. The number of hydrogen-bond acceptors (Lipinski definition) is 5. The highest BCUT2D eigenvalue weighted by Gasteiger charge is 2.27. The van der Waals surface area contributed by atoms with Gasteiger partial charge in [0.15, 0.2) is 0 Å². The molecule has 152 valence electrons. The molecule has 1 atom stereocenters. The van der Waals surface area contributed by atoms with Crippen molar-refractivity contribution in [3.05, 3.63) is 53.4 Å². The molecule has 3 rings (SSSR count). The van der Waals surface area contributed by atoms with Crippen LogP contribution in [0.5, 0.6) is 0 Å². The minimum absolute atomic E-state index is 0.0559. The van der Waals surface area contributed by atoms with Crippen LogP contribution in [0.25, 0.3) is 0 Å². The van der Waals surface area contributed by atoms with E-state index >= 15 is 0 Å². The quantitative estimate of drug-likeness (QED) is 0.702. The molecule has 0 aliphatic carbocycles. The maximum Gasteiger partial charge on any atom is 0.243 e. The summed E-state index contributed by atoms with van der Waals surface area (Å²) in [6, 6.07) is 9.52. The lowest BCUT2D eigenvalue weighted by molar-refractivity contribution is -0.121. The average Bonchev–Trinajstić information content (AvgIpc) is 3.36. The van der Waals surface area contributed by atoms with Crippen molar-refractivity contribution in [1.82, 2.24) is 14.5 Å². The van der Waals surface area contributed by atoms with E-state index in [0.717, 1.165) is 36.0 Å². The number of amides is 1. The van der Waals surface area contributed by atoms with Gasteiger partial charge in [0, 0.05) is 18.6 Å². The molecule has 0 unspecified atom stereocenters. The van der Waals surface area contributed by atoms with Crippen molar-refractivity contribution in [2.45, 2.75) is 23.8 Å². The molecule has 1 aromatic carbocycles. The second-order valence-electron chi connectivity index (χ2n) is 6.79. The van der Waals surface area contributed by atoms with Crippen molar-refractivity contribution in [3.8, 4) is 0 Å². The summed E-state index contributed by atoms with van der Waals surface area (Å²) in [5.41, 5.74) is 0. The first kappa shape index (κ1) is 20.9. The summed E-state index contributed by atoms with van der Waals surface area (Å²) in [6.45, 7) is 2.00. The highest BCUT2D eigenvalue weighted by atomic mass is 35.5. The monoisotopic (exact) mass is 425 g/mol. The number of sulfonamides is 1. The Balaban J connectivity index is 1.60. The third kappa shape index (κ3) is 4.94. The number of halogens is 1. The van der Waals surface area contributed by atoms with Gasteiger partial charge in [-0.15, -0.1) is 0 Å². The number of furan rings is 1. The van der Waals surface area contributed by atoms with Gasteiger partial charge in [0.05, 0.1) is 23.7 Å². The van der Waals surface area contributed by atoms with Crippen LogP contribution in [0.2, 0.25) is 5.02 Å². The lowest BCUT2D eigenvalue weighted by atomic mass is 10.2. The van der Waals surface area contributed by atoms with Crippen molar-refractivity contribution >= 4 is 27.5 Å². The minimum atomic E-state index is -3.76. The smallest absolute Gasteiger partial charge is 0.243 e. The van der Waals surface area contributed by atoms with Crippen molar-refractivity contribution in [3.63, 3.8) is 0 Å². The van der Waals surface area contributed by atoms with E-state index in [1.807, 2.05) is 12.1 Å². The Morgan fingerprint density at radius 2 is 1.93 bits per heavy atom. The number of carbonyl (C=O) groups excluding carboxylic acids is 1. The molecule has 7 nitrogen and oxygen atoms in total. The van der Waals surface area contributed by atoms with Gasteiger partial charge >= 0.3 is 0 Å². The maximum absolute atomic E-state index is 12.6. The fraction of sp³-hybridized carbons (Fsp3) is 0.421. The topological polar surface area (TPSA) is 82.9 Å². The third-order valence-electron chi connectivity index (χ3n) is 4.83. The molecule has 0 saturated carbocycles. The summed E-state index contributed by atoms with van der Waals surface area (Å²) < 4.78 is 31.7. The van der Waals surface area contributed by atoms with E-state index in [-0.39, 0.29) is 23.4 Å². The Kier molecular flexibility index (Phi) is 6.77. The van der Waals surface area contributed by atoms with Crippen LogP contribution in [-0.4, -0.2) is 56.8 Å². The number of rotatable bonds is 8. The SMILES string of the molecule is CN(CC(=O)NC[C@@H](c1ccco1)N1CCCC1)S(=O)(=O)c1ccc(Cl)cc1. The zero-order chi connectivity index (χ0) is 20.1. The number of likely N-dealkylation sites (tertiary alicyclic amines) is 1. The summed E-state index contributed by atoms with van der Waals surface area (Å²) in [7, 11) is -2.38. The van der Waals surface area contributed by atoms with Crippen LogP contribution in [0.15, 0.2) is 52.0 Å². The van der Waals surface area contributed by atoms with E-state index < -0.39 is 10.0 Å². The summed E-state index contributed by atoms with van der Waals surface area (Å²) in [5.74, 6) is 0.431.